The van der Waals surface area contributed by atoms with Gasteiger partial charge in [-0.25, -0.2) is 4.99 Å². The molecule has 4 nitrogen and oxygen atoms in total. The summed E-state index contributed by atoms with van der Waals surface area (Å²) in [6, 6.07) is 11.4. The second-order valence-corrected chi connectivity index (χ2v) is 8.26. The van der Waals surface area contributed by atoms with Gasteiger partial charge in [-0.3, -0.25) is 9.69 Å². The third kappa shape index (κ3) is 3.99. The van der Waals surface area contributed by atoms with E-state index in [0.717, 1.165) is 16.8 Å². The quantitative estimate of drug-likeness (QED) is 0.579. The minimum atomic E-state index is -0.101. The fourth-order valence-electron chi connectivity index (χ4n) is 2.20. The summed E-state index contributed by atoms with van der Waals surface area (Å²) in [4.78, 5) is 19.2. The number of benzene rings is 2. The van der Waals surface area contributed by atoms with Crippen molar-refractivity contribution in [2.75, 3.05) is 7.05 Å². The molecule has 1 aliphatic rings. The molecule has 1 saturated heterocycles. The SMILES string of the molecule is Cc1ccc(N=C2S/C(=C/c3cc(Br)c(O)c(Br)c3)C(=O)N2C)cc1. The van der Waals surface area contributed by atoms with Gasteiger partial charge in [-0.1, -0.05) is 17.7 Å². The van der Waals surface area contributed by atoms with Crippen LogP contribution in [0, 0.1) is 6.92 Å². The number of nitrogens with zero attached hydrogens (tertiary/aromatic N) is 2. The lowest BCUT2D eigenvalue weighted by molar-refractivity contribution is -0.121. The molecule has 1 amide bonds. The van der Waals surface area contributed by atoms with Crippen LogP contribution in [0.4, 0.5) is 5.69 Å². The van der Waals surface area contributed by atoms with E-state index in [1.165, 1.54) is 11.8 Å². The van der Waals surface area contributed by atoms with E-state index in [2.05, 4.69) is 36.9 Å². The van der Waals surface area contributed by atoms with E-state index in [-0.39, 0.29) is 11.7 Å². The number of aryl methyl sites for hydroxylation is 1. The summed E-state index contributed by atoms with van der Waals surface area (Å²) in [6.07, 6.45) is 1.79. The number of hydrogen-bond acceptors (Lipinski definition) is 4. The van der Waals surface area contributed by atoms with Gasteiger partial charge in [0, 0.05) is 7.05 Å². The van der Waals surface area contributed by atoms with Gasteiger partial charge in [-0.05, 0) is 86.5 Å². The molecule has 2 aromatic rings. The molecule has 0 aromatic heterocycles. The Morgan fingerprint density at radius 1 is 1.16 bits per heavy atom. The van der Waals surface area contributed by atoms with E-state index in [4.69, 9.17) is 0 Å². The Kier molecular flexibility index (Phi) is 5.36. The van der Waals surface area contributed by atoms with E-state index < -0.39 is 0 Å². The van der Waals surface area contributed by atoms with Crippen LogP contribution in [0.25, 0.3) is 6.08 Å². The van der Waals surface area contributed by atoms with Gasteiger partial charge >= 0.3 is 0 Å². The van der Waals surface area contributed by atoms with Gasteiger partial charge in [-0.15, -0.1) is 0 Å². The van der Waals surface area contributed by atoms with Gasteiger partial charge in [-0.2, -0.15) is 0 Å². The smallest absolute Gasteiger partial charge is 0.266 e. The Balaban J connectivity index is 1.92. The van der Waals surface area contributed by atoms with Crippen molar-refractivity contribution in [2.24, 2.45) is 4.99 Å². The molecule has 0 radical (unpaired) electrons. The number of halogens is 2. The number of hydrogen-bond donors (Lipinski definition) is 1. The van der Waals surface area contributed by atoms with Gasteiger partial charge in [0.15, 0.2) is 5.17 Å². The Morgan fingerprint density at radius 2 is 1.76 bits per heavy atom. The molecule has 1 fully saturated rings. The maximum absolute atomic E-state index is 12.5. The zero-order chi connectivity index (χ0) is 18.1. The maximum atomic E-state index is 12.5. The van der Waals surface area contributed by atoms with Crippen molar-refractivity contribution in [3.63, 3.8) is 0 Å². The lowest BCUT2D eigenvalue weighted by Gasteiger charge is -2.07. The van der Waals surface area contributed by atoms with Crippen LogP contribution in [0.1, 0.15) is 11.1 Å². The zero-order valence-electron chi connectivity index (χ0n) is 13.5. The van der Waals surface area contributed by atoms with Gasteiger partial charge < -0.3 is 5.11 Å². The number of thioether (sulfide) groups is 1. The van der Waals surface area contributed by atoms with Crippen LogP contribution in [0.15, 0.2) is 55.2 Å². The standard InChI is InChI=1S/C18H14Br2N2O2S/c1-10-3-5-12(6-4-10)21-18-22(2)17(24)15(25-18)9-11-7-13(19)16(23)14(20)8-11/h3-9,23H,1-2H3/b15-9+,21-18?. The molecule has 0 spiro atoms. The summed E-state index contributed by atoms with van der Waals surface area (Å²) in [5, 5.41) is 10.4. The Hall–Kier alpha value is -1.57. The van der Waals surface area contributed by atoms with Crippen molar-refractivity contribution in [1.82, 2.24) is 4.90 Å². The normalized spacial score (nSPS) is 17.8. The molecule has 0 aliphatic carbocycles. The molecule has 0 atom stereocenters. The lowest BCUT2D eigenvalue weighted by Crippen LogP contribution is -2.23. The minimum Gasteiger partial charge on any atom is -0.506 e. The van der Waals surface area contributed by atoms with Crippen LogP contribution < -0.4 is 0 Å². The number of amidine groups is 1. The summed E-state index contributed by atoms with van der Waals surface area (Å²) in [5.41, 5.74) is 2.78. The van der Waals surface area contributed by atoms with Crippen molar-refractivity contribution < 1.29 is 9.90 Å². The van der Waals surface area contributed by atoms with Crippen molar-refractivity contribution in [2.45, 2.75) is 6.92 Å². The summed E-state index contributed by atoms with van der Waals surface area (Å²) in [7, 11) is 1.71. The highest BCUT2D eigenvalue weighted by Gasteiger charge is 2.30. The zero-order valence-corrected chi connectivity index (χ0v) is 17.4. The number of phenolic OH excluding ortho intramolecular Hbond substituents is 1. The predicted octanol–water partition coefficient (Wildman–Crippen LogP) is 5.46. The molecule has 1 aliphatic heterocycles. The van der Waals surface area contributed by atoms with E-state index in [9.17, 15) is 9.90 Å². The highest BCUT2D eigenvalue weighted by molar-refractivity contribution is 9.11. The number of phenols is 1. The first-order valence-electron chi connectivity index (χ1n) is 7.36. The number of rotatable bonds is 2. The van der Waals surface area contributed by atoms with Gasteiger partial charge in [0.1, 0.15) is 5.75 Å². The van der Waals surface area contributed by atoms with Crippen LogP contribution >= 0.6 is 43.6 Å². The first-order chi connectivity index (χ1) is 11.8. The highest BCUT2D eigenvalue weighted by Crippen LogP contribution is 2.37. The average molecular weight is 482 g/mol. The number of aromatic hydroxyl groups is 1. The largest absolute Gasteiger partial charge is 0.506 e. The first-order valence-corrected chi connectivity index (χ1v) is 9.76. The molecular weight excluding hydrogens is 468 g/mol. The van der Waals surface area contributed by atoms with Crippen molar-refractivity contribution in [3.05, 3.63) is 61.4 Å². The molecule has 2 aromatic carbocycles. The number of likely N-dealkylation sites (N-methyl/N-ethyl adjacent to an activating group) is 1. The van der Waals surface area contributed by atoms with Crippen LogP contribution in [0.3, 0.4) is 0 Å². The molecule has 3 rings (SSSR count). The molecule has 7 heteroatoms. The molecule has 25 heavy (non-hydrogen) atoms. The highest BCUT2D eigenvalue weighted by atomic mass is 79.9. The lowest BCUT2D eigenvalue weighted by atomic mass is 10.2. The van der Waals surface area contributed by atoms with Gasteiger partial charge in [0.2, 0.25) is 0 Å². The van der Waals surface area contributed by atoms with Crippen LogP contribution in [-0.4, -0.2) is 28.1 Å². The third-order valence-electron chi connectivity index (χ3n) is 3.60. The Labute approximate surface area is 166 Å². The minimum absolute atomic E-state index is 0.101. The third-order valence-corrected chi connectivity index (χ3v) is 5.87. The number of amides is 1. The second kappa shape index (κ2) is 7.35. The number of carbonyl (C=O) groups is 1. The Bertz CT molecular complexity index is 885. The summed E-state index contributed by atoms with van der Waals surface area (Å²) >= 11 is 7.93. The molecule has 0 bridgehead atoms. The fraction of sp³-hybridized carbons (Fsp3) is 0.111. The first kappa shape index (κ1) is 18.2. The molecule has 0 saturated carbocycles. The molecule has 1 N–H and O–H groups in total. The predicted molar refractivity (Wildman–Crippen MR) is 110 cm³/mol. The summed E-state index contributed by atoms with van der Waals surface area (Å²) < 4.78 is 1.12. The number of carbonyl (C=O) groups excluding carboxylic acids is 1. The van der Waals surface area contributed by atoms with E-state index in [1.807, 2.05) is 31.2 Å². The van der Waals surface area contributed by atoms with Crippen LogP contribution in [-0.2, 0) is 4.79 Å². The molecule has 0 unspecified atom stereocenters. The monoisotopic (exact) mass is 480 g/mol. The summed E-state index contributed by atoms with van der Waals surface area (Å²) in [6.45, 7) is 2.02. The number of aliphatic imine (C=N–C) groups is 1. The van der Waals surface area contributed by atoms with Crippen LogP contribution in [0.2, 0.25) is 0 Å². The topological polar surface area (TPSA) is 52.9 Å². The fourth-order valence-corrected chi connectivity index (χ4v) is 4.41. The average Bonchev–Trinajstić information content (AvgIpc) is 2.83. The van der Waals surface area contributed by atoms with E-state index in [1.54, 1.807) is 30.2 Å². The van der Waals surface area contributed by atoms with Gasteiger partial charge in [0.05, 0.1) is 19.5 Å². The maximum Gasteiger partial charge on any atom is 0.266 e. The van der Waals surface area contributed by atoms with E-state index in [0.29, 0.717) is 19.0 Å². The van der Waals surface area contributed by atoms with Crippen molar-refractivity contribution in [3.8, 4) is 5.75 Å². The second-order valence-electron chi connectivity index (χ2n) is 5.54. The molecule has 1 heterocycles. The van der Waals surface area contributed by atoms with E-state index >= 15 is 0 Å². The van der Waals surface area contributed by atoms with Crippen molar-refractivity contribution >= 4 is 66.5 Å². The molecular formula is C18H14Br2N2O2S. The summed E-state index contributed by atoms with van der Waals surface area (Å²) in [5.74, 6) is 0.0301. The van der Waals surface area contributed by atoms with Crippen LogP contribution in [0.5, 0.6) is 5.75 Å². The van der Waals surface area contributed by atoms with Gasteiger partial charge in [0.25, 0.3) is 5.91 Å². The Morgan fingerprint density at radius 3 is 2.36 bits per heavy atom. The van der Waals surface area contributed by atoms with Crippen molar-refractivity contribution in [1.29, 1.82) is 0 Å². The molecule has 128 valence electrons.